The van der Waals surface area contributed by atoms with E-state index >= 15 is 8.78 Å². The molecule has 0 aliphatic carbocycles. The molecular weight excluding hydrogens is 510 g/mol. The predicted molar refractivity (Wildman–Crippen MR) is 142 cm³/mol. The molecule has 2 aromatic heterocycles. The van der Waals surface area contributed by atoms with Crippen molar-refractivity contribution in [2.75, 3.05) is 77.0 Å². The van der Waals surface area contributed by atoms with Gasteiger partial charge in [-0.05, 0) is 6.07 Å². The van der Waals surface area contributed by atoms with Crippen LogP contribution in [0, 0.1) is 11.6 Å². The normalized spacial score (nSPS) is 19.8. The Morgan fingerprint density at radius 2 is 1.69 bits per heavy atom. The molecule has 208 valence electrons. The van der Waals surface area contributed by atoms with Crippen molar-refractivity contribution in [2.45, 2.75) is 13.1 Å². The lowest BCUT2D eigenvalue weighted by Gasteiger charge is -2.39. The number of nitrogens with zero attached hydrogens (tertiary/aromatic N) is 5. The van der Waals surface area contributed by atoms with Crippen LogP contribution in [0.25, 0.3) is 11.0 Å². The van der Waals surface area contributed by atoms with E-state index in [1.807, 2.05) is 11.9 Å². The molecule has 3 aliphatic rings. The second-order valence-electron chi connectivity index (χ2n) is 9.97. The molecule has 3 aromatic rings. The third-order valence-corrected chi connectivity index (χ3v) is 7.63. The van der Waals surface area contributed by atoms with E-state index in [4.69, 9.17) is 14.2 Å². The Labute approximate surface area is 225 Å². The van der Waals surface area contributed by atoms with E-state index < -0.39 is 11.6 Å². The fourth-order valence-electron chi connectivity index (χ4n) is 5.64. The summed E-state index contributed by atoms with van der Waals surface area (Å²) in [6, 6.07) is 3.31. The average molecular weight is 543 g/mol. The quantitative estimate of drug-likeness (QED) is 0.437. The number of ether oxygens (including phenoxy) is 3. The van der Waals surface area contributed by atoms with Crippen LogP contribution in [0.15, 0.2) is 29.9 Å². The van der Waals surface area contributed by atoms with Crippen LogP contribution in [0.4, 0.5) is 20.2 Å². The monoisotopic (exact) mass is 542 g/mol. The number of benzene rings is 1. The molecule has 5 heterocycles. The molecular formula is C27H32F2N6O4. The number of piperazine rings is 1. The van der Waals surface area contributed by atoms with Gasteiger partial charge in [-0.25, -0.2) is 13.8 Å². The van der Waals surface area contributed by atoms with Gasteiger partial charge in [-0.2, -0.15) is 0 Å². The number of epoxide rings is 1. The van der Waals surface area contributed by atoms with Gasteiger partial charge < -0.3 is 34.1 Å². The number of aliphatic hydroxyl groups is 1. The fraction of sp³-hybridized carbons (Fsp3) is 0.444. The number of hydrogen-bond donors (Lipinski definition) is 2. The summed E-state index contributed by atoms with van der Waals surface area (Å²) >= 11 is 0. The summed E-state index contributed by atoms with van der Waals surface area (Å²) in [4.78, 5) is 16.2. The fourth-order valence-corrected chi connectivity index (χ4v) is 5.64. The number of rotatable bonds is 7. The highest BCUT2D eigenvalue weighted by Crippen LogP contribution is 2.46. The van der Waals surface area contributed by atoms with Crippen LogP contribution in [0.2, 0.25) is 0 Å². The highest BCUT2D eigenvalue weighted by atomic mass is 19.1. The molecule has 12 heteroatoms. The Bertz CT molecular complexity index is 1400. The molecule has 2 saturated heterocycles. The second-order valence-corrected chi connectivity index (χ2v) is 9.97. The van der Waals surface area contributed by atoms with Crippen LogP contribution >= 0.6 is 0 Å². The summed E-state index contributed by atoms with van der Waals surface area (Å²) in [6.07, 6.45) is 1.75. The summed E-state index contributed by atoms with van der Waals surface area (Å²) in [5.41, 5.74) is 3.27. The first-order valence-electron chi connectivity index (χ1n) is 13.0. The zero-order chi connectivity index (χ0) is 27.3. The Hall–Kier alpha value is -3.61. The van der Waals surface area contributed by atoms with E-state index in [2.05, 4.69) is 25.8 Å². The van der Waals surface area contributed by atoms with Crippen molar-refractivity contribution in [2.24, 2.45) is 0 Å². The van der Waals surface area contributed by atoms with E-state index in [0.717, 1.165) is 60.7 Å². The largest absolute Gasteiger partial charge is 0.493 e. The van der Waals surface area contributed by atoms with Crippen LogP contribution < -0.4 is 19.3 Å². The van der Waals surface area contributed by atoms with Gasteiger partial charge in [0.25, 0.3) is 0 Å². The standard InChI is InChI=1S/C27H32F2N6O4/c1-32-24-16(12-30-26-18(24)10-17(31-26)14-34-6-4-33(5-7-34)8-9-36)13-35(27(32)21-15-39-21)25-22(28)19(37-2)11-20(38-3)23(25)29/h10-12,36H,4-9,13-15H2,1-3H3,(H,30,31)/b27-21+. The van der Waals surface area contributed by atoms with Crippen molar-refractivity contribution >= 4 is 22.4 Å². The number of aliphatic hydroxyl groups excluding tert-OH is 1. The Balaban J connectivity index is 1.36. The molecule has 0 unspecified atom stereocenters. The molecule has 0 bridgehead atoms. The van der Waals surface area contributed by atoms with Crippen molar-refractivity contribution in [3.05, 3.63) is 52.8 Å². The minimum Gasteiger partial charge on any atom is -0.493 e. The van der Waals surface area contributed by atoms with Gasteiger partial charge >= 0.3 is 0 Å². The molecule has 10 nitrogen and oxygen atoms in total. The summed E-state index contributed by atoms with van der Waals surface area (Å²) in [5.74, 6) is -0.652. The summed E-state index contributed by atoms with van der Waals surface area (Å²) in [6.45, 7) is 5.89. The van der Waals surface area contributed by atoms with Gasteiger partial charge in [0.2, 0.25) is 0 Å². The zero-order valence-corrected chi connectivity index (χ0v) is 22.3. The number of pyridine rings is 1. The van der Waals surface area contributed by atoms with Crippen molar-refractivity contribution in [1.29, 1.82) is 0 Å². The molecule has 2 fully saturated rings. The van der Waals surface area contributed by atoms with E-state index in [1.165, 1.54) is 20.3 Å². The minimum atomic E-state index is -0.816. The van der Waals surface area contributed by atoms with Gasteiger partial charge in [-0.1, -0.05) is 0 Å². The van der Waals surface area contributed by atoms with Crippen LogP contribution in [0.3, 0.4) is 0 Å². The number of β-amino-alcohol motifs (C(OH)–C–C–N with tert-alkyl or cyclic N) is 1. The molecule has 1 aromatic carbocycles. The first-order valence-corrected chi connectivity index (χ1v) is 13.0. The van der Waals surface area contributed by atoms with Crippen molar-refractivity contribution in [3.8, 4) is 11.5 Å². The minimum absolute atomic E-state index is 0.112. The van der Waals surface area contributed by atoms with Crippen LogP contribution in [0.5, 0.6) is 11.5 Å². The first-order chi connectivity index (χ1) is 18.9. The molecule has 6 rings (SSSR count). The van der Waals surface area contributed by atoms with Gasteiger partial charge in [0.05, 0.1) is 33.1 Å². The number of aromatic nitrogens is 2. The SMILES string of the molecule is COc1cc(OC)c(F)c(N2Cc3cnc4[nH]c(CN5CCN(CCO)CC5)cc4c3N(C)/C2=C2/CO2)c1F. The van der Waals surface area contributed by atoms with Crippen LogP contribution in [0.1, 0.15) is 11.3 Å². The molecule has 0 saturated carbocycles. The second kappa shape index (κ2) is 10.2. The molecule has 0 amide bonds. The Kier molecular flexibility index (Phi) is 6.69. The van der Waals surface area contributed by atoms with Gasteiger partial charge in [-0.15, -0.1) is 0 Å². The van der Waals surface area contributed by atoms with Crippen molar-refractivity contribution in [3.63, 3.8) is 0 Å². The zero-order valence-electron chi connectivity index (χ0n) is 22.3. The number of aromatic amines is 1. The maximum absolute atomic E-state index is 15.6. The highest BCUT2D eigenvalue weighted by Gasteiger charge is 2.39. The van der Waals surface area contributed by atoms with Crippen LogP contribution in [-0.4, -0.2) is 92.1 Å². The van der Waals surface area contributed by atoms with Gasteiger partial charge in [0.15, 0.2) is 34.7 Å². The highest BCUT2D eigenvalue weighted by molar-refractivity contribution is 5.95. The van der Waals surface area contributed by atoms with Crippen LogP contribution in [-0.2, 0) is 17.8 Å². The number of halogens is 2. The number of hydrogen-bond acceptors (Lipinski definition) is 9. The predicted octanol–water partition coefficient (Wildman–Crippen LogP) is 2.62. The summed E-state index contributed by atoms with van der Waals surface area (Å²) in [5, 5.41) is 10.1. The van der Waals surface area contributed by atoms with Gasteiger partial charge in [0.1, 0.15) is 17.9 Å². The lowest BCUT2D eigenvalue weighted by molar-refractivity contribution is 0.108. The maximum atomic E-state index is 15.6. The van der Waals surface area contributed by atoms with E-state index in [9.17, 15) is 5.11 Å². The third-order valence-electron chi connectivity index (χ3n) is 7.63. The lowest BCUT2D eigenvalue weighted by atomic mass is 10.1. The van der Waals surface area contributed by atoms with Crippen molar-refractivity contribution < 1.29 is 28.1 Å². The first kappa shape index (κ1) is 25.7. The van der Waals surface area contributed by atoms with E-state index in [0.29, 0.717) is 24.7 Å². The van der Waals surface area contributed by atoms with Gasteiger partial charge in [0, 0.05) is 75.2 Å². The third kappa shape index (κ3) is 4.52. The van der Waals surface area contributed by atoms with E-state index in [-0.39, 0.29) is 30.3 Å². The number of nitrogens with one attached hydrogen (secondary N) is 1. The maximum Gasteiger partial charge on any atom is 0.191 e. The summed E-state index contributed by atoms with van der Waals surface area (Å²) in [7, 11) is 4.54. The number of methoxy groups -OCH3 is 2. The van der Waals surface area contributed by atoms with Crippen molar-refractivity contribution in [1.82, 2.24) is 19.8 Å². The average Bonchev–Trinajstić information content (AvgIpc) is 3.68. The molecule has 0 atom stereocenters. The Morgan fingerprint density at radius 3 is 2.31 bits per heavy atom. The van der Waals surface area contributed by atoms with E-state index in [1.54, 1.807) is 11.1 Å². The molecule has 2 N–H and O–H groups in total. The molecule has 3 aliphatic heterocycles. The van der Waals surface area contributed by atoms with Gasteiger partial charge in [-0.3, -0.25) is 9.80 Å². The Morgan fingerprint density at radius 1 is 1.03 bits per heavy atom. The number of anilines is 2. The molecule has 0 radical (unpaired) electrons. The molecule has 39 heavy (non-hydrogen) atoms. The number of fused-ring (bicyclic) bond motifs is 3. The lowest BCUT2D eigenvalue weighted by Crippen LogP contribution is -2.46. The smallest absolute Gasteiger partial charge is 0.191 e. The summed E-state index contributed by atoms with van der Waals surface area (Å²) < 4.78 is 47.0. The number of H-pyrrole nitrogens is 1. The topological polar surface area (TPSA) is 92.9 Å². The molecule has 0 spiro atoms.